The molecule has 0 saturated carbocycles. The van der Waals surface area contributed by atoms with E-state index in [4.69, 9.17) is 28.3 Å². The number of hydrogen-bond donors (Lipinski definition) is 0. The maximum atomic E-state index is 6.49. The zero-order valence-electron chi connectivity index (χ0n) is 15.9. The summed E-state index contributed by atoms with van der Waals surface area (Å²) in [6.07, 6.45) is 0. The third-order valence-electron chi connectivity index (χ3n) is 4.27. The highest BCUT2D eigenvalue weighted by Crippen LogP contribution is 2.35. The first-order chi connectivity index (χ1) is 13.7. The molecule has 0 aliphatic carbocycles. The topological polar surface area (TPSA) is 43.6 Å². The summed E-state index contributed by atoms with van der Waals surface area (Å²) in [7, 11) is 0. The molecule has 0 spiro atoms. The first-order valence-electron chi connectivity index (χ1n) is 8.88. The Morgan fingerprint density at radius 3 is 2.31 bits per heavy atom. The van der Waals surface area contributed by atoms with Crippen LogP contribution in [0.4, 0.5) is 0 Å². The van der Waals surface area contributed by atoms with Gasteiger partial charge in [-0.15, -0.1) is 10.2 Å². The molecule has 2 heterocycles. The zero-order valence-corrected chi connectivity index (χ0v) is 19.9. The van der Waals surface area contributed by atoms with Gasteiger partial charge in [-0.3, -0.25) is 0 Å². The summed E-state index contributed by atoms with van der Waals surface area (Å²) in [6.45, 7) is 6.36. The summed E-state index contributed by atoms with van der Waals surface area (Å²) in [5.74, 6) is 0. The van der Waals surface area contributed by atoms with Crippen molar-refractivity contribution in [2.45, 2.75) is 26.2 Å². The summed E-state index contributed by atoms with van der Waals surface area (Å²) >= 11 is 17.6. The molecule has 0 aliphatic rings. The summed E-state index contributed by atoms with van der Waals surface area (Å²) < 4.78 is 2.84. The lowest BCUT2D eigenvalue weighted by atomic mass is 9.98. The van der Waals surface area contributed by atoms with Crippen LogP contribution >= 0.6 is 50.5 Å². The van der Waals surface area contributed by atoms with Crippen molar-refractivity contribution >= 4 is 50.5 Å². The van der Waals surface area contributed by atoms with Gasteiger partial charge in [0.2, 0.25) is 0 Å². The lowest BCUT2D eigenvalue weighted by molar-refractivity contribution is 0.578. The van der Waals surface area contributed by atoms with Gasteiger partial charge in [-0.1, -0.05) is 83.4 Å². The van der Waals surface area contributed by atoms with Crippen molar-refractivity contribution in [3.63, 3.8) is 0 Å². The van der Waals surface area contributed by atoms with E-state index < -0.39 is 0 Å². The third kappa shape index (κ3) is 4.26. The molecule has 148 valence electrons. The monoisotopic (exact) mass is 506 g/mol. The molecular weight excluding hydrogens is 491 g/mol. The van der Waals surface area contributed by atoms with Gasteiger partial charge in [0.15, 0.2) is 5.01 Å². The zero-order chi connectivity index (χ0) is 20.8. The molecule has 4 rings (SSSR count). The van der Waals surface area contributed by atoms with Crippen molar-refractivity contribution in [2.24, 2.45) is 0 Å². The Labute approximate surface area is 191 Å². The average Bonchev–Trinajstić information content (AvgIpc) is 3.29. The molecule has 4 aromatic rings. The lowest BCUT2D eigenvalue weighted by Gasteiger charge is -2.12. The second kappa shape index (κ2) is 7.84. The van der Waals surface area contributed by atoms with E-state index in [0.717, 1.165) is 37.1 Å². The third-order valence-corrected chi connectivity index (χ3v) is 6.71. The molecule has 8 heteroatoms. The first kappa shape index (κ1) is 20.5. The van der Waals surface area contributed by atoms with Crippen LogP contribution in [0.1, 0.15) is 25.8 Å². The number of halogens is 3. The largest absolute Gasteiger partial charge is 0.231 e. The predicted octanol–water partition coefficient (Wildman–Crippen LogP) is 7.42. The summed E-state index contributed by atoms with van der Waals surface area (Å²) in [4.78, 5) is 0. The fourth-order valence-electron chi connectivity index (χ4n) is 2.78. The molecule has 2 aromatic carbocycles. The van der Waals surface area contributed by atoms with E-state index in [9.17, 15) is 0 Å². The van der Waals surface area contributed by atoms with Crippen LogP contribution in [0, 0.1) is 0 Å². The Hall–Kier alpha value is -1.73. The maximum absolute atomic E-state index is 6.49. The number of benzene rings is 2. The Bertz CT molecular complexity index is 1180. The fourth-order valence-corrected chi connectivity index (χ4v) is 4.39. The van der Waals surface area contributed by atoms with E-state index in [1.165, 1.54) is 0 Å². The Kier molecular flexibility index (Phi) is 5.55. The van der Waals surface area contributed by atoms with Gasteiger partial charge in [0.25, 0.3) is 0 Å². The van der Waals surface area contributed by atoms with Crippen LogP contribution in [-0.2, 0) is 5.41 Å². The van der Waals surface area contributed by atoms with E-state index in [2.05, 4.69) is 46.9 Å². The number of hydrogen-bond acceptors (Lipinski definition) is 4. The molecule has 0 amide bonds. The Morgan fingerprint density at radius 2 is 1.69 bits per heavy atom. The average molecular weight is 508 g/mol. The van der Waals surface area contributed by atoms with E-state index in [1.807, 2.05) is 41.1 Å². The second-order valence-corrected chi connectivity index (χ2v) is 10.3. The second-order valence-electron chi connectivity index (χ2n) is 7.59. The molecule has 0 N–H and O–H groups in total. The van der Waals surface area contributed by atoms with Gasteiger partial charge in [0.05, 0.1) is 16.4 Å². The van der Waals surface area contributed by atoms with Crippen LogP contribution in [0.25, 0.3) is 27.6 Å². The van der Waals surface area contributed by atoms with Gasteiger partial charge >= 0.3 is 0 Å². The number of rotatable bonds is 3. The van der Waals surface area contributed by atoms with Gasteiger partial charge in [-0.25, -0.2) is 4.68 Å². The molecule has 0 bridgehead atoms. The van der Waals surface area contributed by atoms with Gasteiger partial charge < -0.3 is 0 Å². The lowest BCUT2D eigenvalue weighted by Crippen LogP contribution is -2.10. The maximum Gasteiger partial charge on any atom is 0.168 e. The molecule has 0 aliphatic heterocycles. The Balaban J connectivity index is 1.89. The minimum Gasteiger partial charge on any atom is -0.231 e. The quantitative estimate of drug-likeness (QED) is 0.289. The highest BCUT2D eigenvalue weighted by Gasteiger charge is 2.22. The van der Waals surface area contributed by atoms with E-state index in [-0.39, 0.29) is 5.41 Å². The molecule has 0 atom stereocenters. The minimum atomic E-state index is -0.0630. The molecule has 4 nitrogen and oxygen atoms in total. The van der Waals surface area contributed by atoms with Gasteiger partial charge in [0.1, 0.15) is 10.7 Å². The number of nitrogens with zero attached hydrogens (tertiary/aromatic N) is 4. The molecule has 0 radical (unpaired) electrons. The SMILES string of the molecule is CC(C)(C)c1nnc(-c2cc(-c3ccc(Br)cc3)n(-c3ccc(Cl)cc3Cl)n2)s1. The van der Waals surface area contributed by atoms with Gasteiger partial charge in [-0.05, 0) is 36.4 Å². The van der Waals surface area contributed by atoms with Crippen LogP contribution in [0.3, 0.4) is 0 Å². The van der Waals surface area contributed by atoms with Crippen molar-refractivity contribution < 1.29 is 0 Å². The molecule has 0 unspecified atom stereocenters. The van der Waals surface area contributed by atoms with Crippen molar-refractivity contribution in [3.05, 3.63) is 68.1 Å². The van der Waals surface area contributed by atoms with Crippen LogP contribution in [0.15, 0.2) is 53.0 Å². The Morgan fingerprint density at radius 1 is 0.966 bits per heavy atom. The smallest absolute Gasteiger partial charge is 0.168 e. The highest BCUT2D eigenvalue weighted by molar-refractivity contribution is 9.10. The van der Waals surface area contributed by atoms with Gasteiger partial charge in [0, 0.05) is 20.5 Å². The van der Waals surface area contributed by atoms with Crippen molar-refractivity contribution in [1.82, 2.24) is 20.0 Å². The first-order valence-corrected chi connectivity index (χ1v) is 11.2. The molecule has 29 heavy (non-hydrogen) atoms. The molecule has 2 aromatic heterocycles. The van der Waals surface area contributed by atoms with E-state index >= 15 is 0 Å². The van der Waals surface area contributed by atoms with Crippen molar-refractivity contribution in [1.29, 1.82) is 0 Å². The summed E-state index contributed by atoms with van der Waals surface area (Å²) in [5.41, 5.74) is 3.36. The van der Waals surface area contributed by atoms with Crippen molar-refractivity contribution in [2.75, 3.05) is 0 Å². The number of aromatic nitrogens is 4. The molecule has 0 saturated heterocycles. The van der Waals surface area contributed by atoms with Gasteiger partial charge in [-0.2, -0.15) is 5.10 Å². The van der Waals surface area contributed by atoms with Crippen LogP contribution in [0.5, 0.6) is 0 Å². The van der Waals surface area contributed by atoms with Crippen LogP contribution in [0.2, 0.25) is 10.0 Å². The summed E-state index contributed by atoms with van der Waals surface area (Å²) in [5, 5.41) is 16.4. The standard InChI is InChI=1S/C21H17BrCl2N4S/c1-21(2,3)20-26-25-19(29-20)16-11-18(12-4-6-13(22)7-5-12)28(27-16)17-9-8-14(23)10-15(17)24/h4-11H,1-3H3. The normalized spacial score (nSPS) is 11.8. The highest BCUT2D eigenvalue weighted by atomic mass is 79.9. The fraction of sp³-hybridized carbons (Fsp3) is 0.190. The summed E-state index contributed by atoms with van der Waals surface area (Å²) in [6, 6.07) is 15.5. The van der Waals surface area contributed by atoms with E-state index in [1.54, 1.807) is 23.5 Å². The molecule has 0 fully saturated rings. The van der Waals surface area contributed by atoms with E-state index in [0.29, 0.717) is 10.0 Å². The minimum absolute atomic E-state index is 0.0630. The van der Waals surface area contributed by atoms with Crippen LogP contribution in [-0.4, -0.2) is 20.0 Å². The van der Waals surface area contributed by atoms with Crippen molar-refractivity contribution in [3.8, 4) is 27.6 Å². The molecular formula is C21H17BrCl2N4S. The predicted molar refractivity (Wildman–Crippen MR) is 124 cm³/mol. The van der Waals surface area contributed by atoms with Crippen LogP contribution < -0.4 is 0 Å².